The molecule has 1 aromatic rings. The van der Waals surface area contributed by atoms with Crippen molar-refractivity contribution in [2.45, 2.75) is 18.3 Å². The Kier molecular flexibility index (Phi) is 3.60. The fourth-order valence-corrected chi connectivity index (χ4v) is 2.08. The van der Waals surface area contributed by atoms with Crippen LogP contribution in [0.25, 0.3) is 0 Å². The van der Waals surface area contributed by atoms with Crippen molar-refractivity contribution in [2.24, 2.45) is 0 Å². The van der Waals surface area contributed by atoms with Crippen LogP contribution in [0, 0.1) is 5.82 Å². The summed E-state index contributed by atoms with van der Waals surface area (Å²) in [7, 11) is 0. The van der Waals surface area contributed by atoms with Crippen molar-refractivity contribution >= 4 is 17.4 Å². The molecule has 0 bridgehead atoms. The number of carbonyl (C=O) groups excluding carboxylic acids is 1. The lowest BCUT2D eigenvalue weighted by atomic mass is 10.1. The van der Waals surface area contributed by atoms with Crippen LogP contribution in [-0.4, -0.2) is 35.1 Å². The van der Waals surface area contributed by atoms with Gasteiger partial charge in [0.2, 0.25) is 0 Å². The van der Waals surface area contributed by atoms with Gasteiger partial charge < -0.3 is 14.6 Å². The molecular formula is C13H7F5N2O5. The van der Waals surface area contributed by atoms with Crippen LogP contribution in [0.3, 0.4) is 0 Å². The maximum absolute atomic E-state index is 14.1. The number of carbonyl (C=O) groups is 2. The number of rotatable bonds is 2. The largest absolute Gasteiger partial charge is 0.507 e. The Balaban J connectivity index is 1.99. The Bertz CT molecular complexity index is 797. The third-order valence-electron chi connectivity index (χ3n) is 3.28. The average molecular weight is 366 g/mol. The normalized spacial score (nSPS) is 23.5. The maximum atomic E-state index is 14.1. The number of aliphatic carboxylic acids is 1. The number of anilines is 1. The lowest BCUT2D eigenvalue weighted by Crippen LogP contribution is -2.53. The molecule has 7 nitrogen and oxygen atoms in total. The van der Waals surface area contributed by atoms with E-state index < -0.39 is 53.0 Å². The molecule has 2 heterocycles. The lowest BCUT2D eigenvalue weighted by molar-refractivity contribution is -0.391. The number of hydrogen-bond acceptors (Lipinski definition) is 6. The van der Waals surface area contributed by atoms with Crippen LogP contribution in [0.2, 0.25) is 0 Å². The number of alkyl halides is 4. The zero-order valence-corrected chi connectivity index (χ0v) is 11.8. The lowest BCUT2D eigenvalue weighted by Gasteiger charge is -2.33. The third-order valence-corrected chi connectivity index (χ3v) is 3.28. The number of nitrogens with one attached hydrogen (secondary N) is 1. The number of hydrazine groups is 1. The zero-order valence-electron chi connectivity index (χ0n) is 11.8. The summed E-state index contributed by atoms with van der Waals surface area (Å²) in [6.45, 7) is 0. The van der Waals surface area contributed by atoms with Gasteiger partial charge in [0.25, 0.3) is 0 Å². The van der Waals surface area contributed by atoms with Crippen LogP contribution in [0.5, 0.6) is 11.5 Å². The molecule has 25 heavy (non-hydrogen) atoms. The predicted octanol–water partition coefficient (Wildman–Crippen LogP) is 1.64. The zero-order chi connectivity index (χ0) is 18.6. The van der Waals surface area contributed by atoms with Gasteiger partial charge in [-0.3, -0.25) is 9.80 Å². The molecule has 0 aromatic heterocycles. The predicted molar refractivity (Wildman–Crippen MR) is 68.7 cm³/mol. The van der Waals surface area contributed by atoms with Crippen molar-refractivity contribution < 1.29 is 46.1 Å². The van der Waals surface area contributed by atoms with Crippen molar-refractivity contribution in [2.75, 3.05) is 5.01 Å². The summed E-state index contributed by atoms with van der Waals surface area (Å²) in [6.07, 6.45) is -8.25. The van der Waals surface area contributed by atoms with Gasteiger partial charge in [-0.1, -0.05) is 0 Å². The molecular weight excluding hydrogens is 359 g/mol. The van der Waals surface area contributed by atoms with Gasteiger partial charge in [-0.05, 0) is 0 Å². The second-order valence-corrected chi connectivity index (χ2v) is 4.98. The second kappa shape index (κ2) is 5.31. The molecule has 2 N–H and O–H groups in total. The molecule has 0 fully saturated rings. The third kappa shape index (κ3) is 2.73. The Morgan fingerprint density at radius 1 is 1.16 bits per heavy atom. The number of ketones is 1. The summed E-state index contributed by atoms with van der Waals surface area (Å²) in [6, 6.07) is -0.779. The minimum Gasteiger partial charge on any atom is -0.480 e. The number of nitrogens with zero attached hydrogens (tertiary/aromatic N) is 1. The van der Waals surface area contributed by atoms with Crippen molar-refractivity contribution in [1.29, 1.82) is 0 Å². The van der Waals surface area contributed by atoms with E-state index in [9.17, 15) is 31.5 Å². The van der Waals surface area contributed by atoms with Gasteiger partial charge in [0.15, 0.2) is 29.1 Å². The quantitative estimate of drug-likeness (QED) is 0.608. The van der Waals surface area contributed by atoms with E-state index in [1.165, 1.54) is 0 Å². The highest BCUT2D eigenvalue weighted by Gasteiger charge is 2.66. The molecule has 12 heteroatoms. The first kappa shape index (κ1) is 17.0. The van der Waals surface area contributed by atoms with Gasteiger partial charge in [0.1, 0.15) is 0 Å². The van der Waals surface area contributed by atoms with E-state index in [0.29, 0.717) is 17.1 Å². The van der Waals surface area contributed by atoms with Crippen LogP contribution in [-0.2, 0) is 9.59 Å². The van der Waals surface area contributed by atoms with Crippen LogP contribution >= 0.6 is 0 Å². The summed E-state index contributed by atoms with van der Waals surface area (Å²) in [5.74, 6) is -5.49. The van der Waals surface area contributed by atoms with Gasteiger partial charge in [0.05, 0.1) is 5.69 Å². The first-order valence-electron chi connectivity index (χ1n) is 6.49. The van der Waals surface area contributed by atoms with E-state index in [0.717, 1.165) is 12.3 Å². The molecule has 3 rings (SSSR count). The topological polar surface area (TPSA) is 88.1 Å². The fraction of sp³-hybridized carbons (Fsp3) is 0.231. The number of fused-ring (bicyclic) bond motifs is 1. The number of benzene rings is 1. The van der Waals surface area contributed by atoms with Crippen molar-refractivity contribution in [3.8, 4) is 11.5 Å². The van der Waals surface area contributed by atoms with Gasteiger partial charge in [-0.2, -0.15) is 17.6 Å². The number of halogens is 5. The maximum Gasteiger partial charge on any atom is 0.507 e. The van der Waals surface area contributed by atoms with Crippen LogP contribution < -0.4 is 19.9 Å². The molecule has 0 saturated heterocycles. The van der Waals surface area contributed by atoms with Gasteiger partial charge >= 0.3 is 18.2 Å². The molecule has 0 radical (unpaired) electrons. The highest BCUT2D eigenvalue weighted by molar-refractivity contribution is 6.09. The summed E-state index contributed by atoms with van der Waals surface area (Å²) in [5, 5.41) is 9.61. The Hall–Kier alpha value is -2.89. The molecule has 134 valence electrons. The van der Waals surface area contributed by atoms with Crippen molar-refractivity contribution in [3.63, 3.8) is 0 Å². The number of carboxylic acid groups (broad SMARTS) is 1. The molecule has 1 atom stereocenters. The number of carboxylic acids is 1. The van der Waals surface area contributed by atoms with Gasteiger partial charge in [0, 0.05) is 24.4 Å². The summed E-state index contributed by atoms with van der Waals surface area (Å²) >= 11 is 0. The van der Waals surface area contributed by atoms with Crippen molar-refractivity contribution in [3.05, 3.63) is 30.2 Å². The van der Waals surface area contributed by atoms with E-state index in [2.05, 4.69) is 14.9 Å². The highest BCUT2D eigenvalue weighted by Crippen LogP contribution is 2.48. The monoisotopic (exact) mass is 366 g/mol. The van der Waals surface area contributed by atoms with E-state index >= 15 is 0 Å². The highest BCUT2D eigenvalue weighted by atomic mass is 19.3. The standard InChI is InChI=1S/C13H7F5N2O5/c14-5-3-8-9(25-13(17,18)12(15,16)24-8)4-6(5)20-2-1-7(21)10(19-20)11(22)23/h1-4,10,19H,(H,22,23). The Morgan fingerprint density at radius 3 is 2.28 bits per heavy atom. The molecule has 1 unspecified atom stereocenters. The second-order valence-electron chi connectivity index (χ2n) is 4.98. The summed E-state index contributed by atoms with van der Waals surface area (Å²) < 4.78 is 74.3. The molecule has 1 aromatic carbocycles. The summed E-state index contributed by atoms with van der Waals surface area (Å²) in [4.78, 5) is 22.4. The fourth-order valence-electron chi connectivity index (χ4n) is 2.08. The molecule has 2 aliphatic heterocycles. The Morgan fingerprint density at radius 2 is 1.72 bits per heavy atom. The van der Waals surface area contributed by atoms with E-state index in [-0.39, 0.29) is 0 Å². The van der Waals surface area contributed by atoms with Gasteiger partial charge in [-0.15, -0.1) is 0 Å². The molecule has 0 aliphatic carbocycles. The number of hydrogen-bond donors (Lipinski definition) is 2. The molecule has 0 spiro atoms. The van der Waals surface area contributed by atoms with E-state index in [1.807, 2.05) is 0 Å². The van der Waals surface area contributed by atoms with Crippen molar-refractivity contribution in [1.82, 2.24) is 5.43 Å². The molecule has 0 amide bonds. The van der Waals surface area contributed by atoms with E-state index in [4.69, 9.17) is 5.11 Å². The summed E-state index contributed by atoms with van der Waals surface area (Å²) in [5.41, 5.74) is 1.57. The minimum atomic E-state index is -5.00. The minimum absolute atomic E-state index is 0.371. The molecule has 0 saturated carbocycles. The van der Waals surface area contributed by atoms with E-state index in [1.54, 1.807) is 0 Å². The van der Waals surface area contributed by atoms with Crippen LogP contribution in [0.15, 0.2) is 24.4 Å². The van der Waals surface area contributed by atoms with Crippen LogP contribution in [0.1, 0.15) is 0 Å². The number of ether oxygens (including phenoxy) is 2. The van der Waals surface area contributed by atoms with Gasteiger partial charge in [-0.25, -0.2) is 14.6 Å². The van der Waals surface area contributed by atoms with Crippen LogP contribution in [0.4, 0.5) is 27.6 Å². The SMILES string of the molecule is O=C(O)C1NN(c2cc3c(cc2F)OC(F)(F)C(F)(F)O3)C=CC1=O. The first-order valence-corrected chi connectivity index (χ1v) is 6.49. The first-order chi connectivity index (χ1) is 11.5. The Labute approximate surface area is 135 Å². The smallest absolute Gasteiger partial charge is 0.480 e. The average Bonchev–Trinajstić information content (AvgIpc) is 2.48. The molecule has 2 aliphatic rings.